The molecule has 0 fully saturated rings. The number of aliphatic hydroxyl groups is 1. The molecule has 6 heteroatoms. The molecule has 0 aliphatic carbocycles. The number of aliphatic hydroxyl groups excluding tert-OH is 1. The maximum absolute atomic E-state index is 7.00. The van der Waals surface area contributed by atoms with Crippen molar-refractivity contribution in [2.45, 2.75) is 116 Å². The van der Waals surface area contributed by atoms with Crippen molar-refractivity contribution in [1.29, 1.82) is 0 Å². The Hall–Kier alpha value is 0.274. The molecule has 28 heavy (non-hydrogen) atoms. The highest BCUT2D eigenvalue weighted by Crippen LogP contribution is 2.18. The third-order valence-electron chi connectivity index (χ3n) is 5.27. The van der Waals surface area contributed by atoms with Crippen LogP contribution in [0.4, 0.5) is 0 Å². The number of unbranched alkanes of at least 4 members (excludes halogenated alkanes) is 15. The molecule has 4 nitrogen and oxygen atoms in total. The Labute approximate surface area is 182 Å². The minimum Gasteiger partial charge on any atom is -0.400 e. The highest BCUT2D eigenvalue weighted by atomic mass is 28.4. The third-order valence-corrected chi connectivity index (χ3v) is 8.10. The standard InChI is InChI=1S/C21H46O3Si.CH4O.H4Si/c1-5-6-7-8-9-10-11-12-13-14-15-16-17-18-19-20-21-25(22-2,23-3)24-4;1-2;/h5-21H2,1-4H3;2H,1H3;1H4. The summed E-state index contributed by atoms with van der Waals surface area (Å²) in [6.07, 6.45) is 22.3. The van der Waals surface area contributed by atoms with Crippen LogP contribution in [0.25, 0.3) is 0 Å². The SMILES string of the molecule is CCCCCCCCCCCCCCCCCC[Si](OC)(OC)OC.CO.[SiH4]. The van der Waals surface area contributed by atoms with E-state index in [9.17, 15) is 0 Å². The average molecular weight is 439 g/mol. The zero-order valence-corrected chi connectivity index (χ0v) is 20.2. The summed E-state index contributed by atoms with van der Waals surface area (Å²) in [5.74, 6) is 0. The fourth-order valence-corrected chi connectivity index (χ4v) is 5.24. The summed E-state index contributed by atoms with van der Waals surface area (Å²) in [5, 5.41) is 7.00. The fraction of sp³-hybridized carbons (Fsp3) is 1.00. The van der Waals surface area contributed by atoms with Crippen LogP contribution in [0, 0.1) is 0 Å². The first kappa shape index (κ1) is 32.9. The van der Waals surface area contributed by atoms with Crippen molar-refractivity contribution in [2.24, 2.45) is 0 Å². The van der Waals surface area contributed by atoms with E-state index in [-0.39, 0.29) is 11.0 Å². The van der Waals surface area contributed by atoms with Crippen molar-refractivity contribution in [3.8, 4) is 0 Å². The molecule has 0 aromatic rings. The first-order valence-electron chi connectivity index (χ1n) is 11.3. The maximum atomic E-state index is 7.00. The summed E-state index contributed by atoms with van der Waals surface area (Å²) < 4.78 is 16.4. The zero-order valence-electron chi connectivity index (χ0n) is 19.2. The first-order valence-corrected chi connectivity index (χ1v) is 13.3. The van der Waals surface area contributed by atoms with Gasteiger partial charge in [-0.05, 0) is 17.4 Å². The van der Waals surface area contributed by atoms with Crippen LogP contribution in [0.1, 0.15) is 110 Å². The van der Waals surface area contributed by atoms with Gasteiger partial charge in [-0.1, -0.05) is 103 Å². The Bertz CT molecular complexity index is 257. The van der Waals surface area contributed by atoms with Crippen molar-refractivity contribution in [2.75, 3.05) is 28.4 Å². The number of hydrogen-bond acceptors (Lipinski definition) is 4. The molecular formula is C22H54O4Si2. The molecule has 1 N–H and O–H groups in total. The molecule has 0 saturated heterocycles. The van der Waals surface area contributed by atoms with E-state index in [4.69, 9.17) is 18.4 Å². The lowest BCUT2D eigenvalue weighted by Crippen LogP contribution is -2.42. The van der Waals surface area contributed by atoms with E-state index in [1.54, 1.807) is 21.3 Å². The van der Waals surface area contributed by atoms with Gasteiger partial charge in [-0.25, -0.2) is 0 Å². The Morgan fingerprint density at radius 1 is 0.500 bits per heavy atom. The van der Waals surface area contributed by atoms with E-state index in [0.717, 1.165) is 19.6 Å². The molecule has 0 aromatic carbocycles. The second-order valence-corrected chi connectivity index (χ2v) is 10.4. The minimum absolute atomic E-state index is 0. The predicted molar refractivity (Wildman–Crippen MR) is 131 cm³/mol. The van der Waals surface area contributed by atoms with E-state index in [1.807, 2.05) is 0 Å². The lowest BCUT2D eigenvalue weighted by atomic mass is 10.0. The second kappa shape index (κ2) is 27.3. The summed E-state index contributed by atoms with van der Waals surface area (Å²) in [6, 6.07) is 0.939. The minimum atomic E-state index is -2.32. The molecular weight excluding hydrogens is 384 g/mol. The summed E-state index contributed by atoms with van der Waals surface area (Å²) in [7, 11) is 3.78. The van der Waals surface area contributed by atoms with Crippen LogP contribution in [0.2, 0.25) is 6.04 Å². The van der Waals surface area contributed by atoms with Crippen molar-refractivity contribution >= 4 is 19.8 Å². The van der Waals surface area contributed by atoms with Crippen molar-refractivity contribution in [1.82, 2.24) is 0 Å². The summed E-state index contributed by atoms with van der Waals surface area (Å²) in [5.41, 5.74) is 0. The quantitative estimate of drug-likeness (QED) is 0.207. The van der Waals surface area contributed by atoms with Crippen LogP contribution in [-0.2, 0) is 13.3 Å². The predicted octanol–water partition coefficient (Wildman–Crippen LogP) is 5.28. The van der Waals surface area contributed by atoms with E-state index in [2.05, 4.69) is 6.92 Å². The normalized spacial score (nSPS) is 10.9. The van der Waals surface area contributed by atoms with Gasteiger partial charge in [-0.15, -0.1) is 0 Å². The Balaban J connectivity index is -0.00000201. The van der Waals surface area contributed by atoms with Gasteiger partial charge in [-0.3, -0.25) is 0 Å². The monoisotopic (exact) mass is 438 g/mol. The zero-order chi connectivity index (χ0) is 20.6. The first-order chi connectivity index (χ1) is 13.2. The molecule has 0 bridgehead atoms. The Morgan fingerprint density at radius 2 is 0.750 bits per heavy atom. The third kappa shape index (κ3) is 21.0. The molecule has 0 aromatic heterocycles. The van der Waals surface area contributed by atoms with Crippen LogP contribution < -0.4 is 0 Å². The van der Waals surface area contributed by atoms with E-state index in [0.29, 0.717) is 0 Å². The Morgan fingerprint density at radius 3 is 1.00 bits per heavy atom. The second-order valence-electron chi connectivity index (χ2n) is 7.35. The summed E-state index contributed by atoms with van der Waals surface area (Å²) in [4.78, 5) is 0. The van der Waals surface area contributed by atoms with Crippen molar-refractivity contribution in [3.63, 3.8) is 0 Å². The Kier molecular flexibility index (Phi) is 32.1. The average Bonchev–Trinajstić information content (AvgIpc) is 2.72. The van der Waals surface area contributed by atoms with Gasteiger partial charge >= 0.3 is 8.80 Å². The molecule has 0 heterocycles. The number of hydrogen-bond donors (Lipinski definition) is 1. The smallest absolute Gasteiger partial charge is 0.400 e. The molecule has 0 unspecified atom stereocenters. The van der Waals surface area contributed by atoms with Crippen LogP contribution in [0.5, 0.6) is 0 Å². The lowest BCUT2D eigenvalue weighted by molar-refractivity contribution is 0.122. The van der Waals surface area contributed by atoms with Crippen LogP contribution in [0.15, 0.2) is 0 Å². The molecule has 0 saturated carbocycles. The maximum Gasteiger partial charge on any atom is 0.500 e. The highest BCUT2D eigenvalue weighted by Gasteiger charge is 2.36. The van der Waals surface area contributed by atoms with Gasteiger partial charge in [0.25, 0.3) is 0 Å². The van der Waals surface area contributed by atoms with Crippen LogP contribution in [0.3, 0.4) is 0 Å². The topological polar surface area (TPSA) is 47.9 Å². The van der Waals surface area contributed by atoms with Crippen LogP contribution >= 0.6 is 0 Å². The lowest BCUT2D eigenvalue weighted by Gasteiger charge is -2.24. The van der Waals surface area contributed by atoms with Gasteiger partial charge in [0.2, 0.25) is 0 Å². The molecule has 0 radical (unpaired) electrons. The van der Waals surface area contributed by atoms with Crippen molar-refractivity contribution in [3.05, 3.63) is 0 Å². The molecule has 0 rings (SSSR count). The summed E-state index contributed by atoms with van der Waals surface area (Å²) in [6.45, 7) is 2.29. The van der Waals surface area contributed by atoms with Crippen LogP contribution in [-0.4, -0.2) is 53.3 Å². The van der Waals surface area contributed by atoms with E-state index in [1.165, 1.54) is 96.3 Å². The summed E-state index contributed by atoms with van der Waals surface area (Å²) >= 11 is 0. The highest BCUT2D eigenvalue weighted by molar-refractivity contribution is 6.60. The van der Waals surface area contributed by atoms with E-state index >= 15 is 0 Å². The molecule has 174 valence electrons. The molecule has 0 spiro atoms. The van der Waals surface area contributed by atoms with Gasteiger partial charge in [0.15, 0.2) is 0 Å². The van der Waals surface area contributed by atoms with Gasteiger partial charge in [0.1, 0.15) is 0 Å². The molecule has 0 amide bonds. The van der Waals surface area contributed by atoms with Gasteiger partial charge in [0.05, 0.1) is 0 Å². The molecule has 0 aliphatic rings. The molecule has 0 atom stereocenters. The fourth-order valence-electron chi connectivity index (χ4n) is 3.45. The van der Waals surface area contributed by atoms with Gasteiger partial charge < -0.3 is 18.4 Å². The van der Waals surface area contributed by atoms with Gasteiger partial charge in [-0.2, -0.15) is 0 Å². The molecule has 0 aliphatic heterocycles. The van der Waals surface area contributed by atoms with Crippen molar-refractivity contribution < 1.29 is 18.4 Å². The van der Waals surface area contributed by atoms with E-state index < -0.39 is 8.80 Å². The largest absolute Gasteiger partial charge is 0.500 e. The number of rotatable bonds is 20. The van der Waals surface area contributed by atoms with Gasteiger partial charge in [0, 0.05) is 34.5 Å².